The summed E-state index contributed by atoms with van der Waals surface area (Å²) in [6.45, 7) is 4.56. The molecule has 0 aromatic carbocycles. The molecule has 0 amide bonds. The van der Waals surface area contributed by atoms with Crippen LogP contribution in [0.25, 0.3) is 0 Å². The highest BCUT2D eigenvalue weighted by Gasteiger charge is 2.25. The lowest BCUT2D eigenvalue weighted by molar-refractivity contribution is -0.870. The van der Waals surface area contributed by atoms with Gasteiger partial charge in [-0.1, -0.05) is 168 Å². The molecule has 0 aliphatic rings. The van der Waals surface area contributed by atoms with E-state index in [0.29, 0.717) is 23.9 Å². The smallest absolute Gasteiger partial charge is 0.361 e. The Balaban J connectivity index is 4.40. The van der Waals surface area contributed by atoms with Gasteiger partial charge in [-0.25, -0.2) is 4.79 Å². The average Bonchev–Trinajstić information content (AvgIpc) is 3.27. The van der Waals surface area contributed by atoms with Crippen molar-refractivity contribution in [1.82, 2.24) is 0 Å². The summed E-state index contributed by atoms with van der Waals surface area (Å²) < 4.78 is 22.7. The fourth-order valence-electron chi connectivity index (χ4n) is 6.20. The zero-order valence-corrected chi connectivity index (χ0v) is 41.6. The van der Waals surface area contributed by atoms with Crippen molar-refractivity contribution in [2.75, 3.05) is 47.5 Å². The molecule has 368 valence electrons. The average molecular weight is 907 g/mol. The van der Waals surface area contributed by atoms with Crippen molar-refractivity contribution in [2.45, 2.75) is 180 Å². The van der Waals surface area contributed by atoms with E-state index < -0.39 is 30.3 Å². The van der Waals surface area contributed by atoms with E-state index in [1.165, 1.54) is 32.1 Å². The van der Waals surface area contributed by atoms with Crippen LogP contribution in [0, 0.1) is 0 Å². The van der Waals surface area contributed by atoms with Crippen LogP contribution >= 0.6 is 0 Å². The lowest BCUT2D eigenvalue weighted by Crippen LogP contribution is -2.40. The van der Waals surface area contributed by atoms with Crippen LogP contribution in [-0.4, -0.2) is 87.4 Å². The first-order valence-corrected chi connectivity index (χ1v) is 25.1. The van der Waals surface area contributed by atoms with Gasteiger partial charge in [-0.05, 0) is 96.3 Å². The number of likely N-dealkylation sites (N-methyl/N-ethyl adjacent to an activating group) is 1. The van der Waals surface area contributed by atoms with Crippen molar-refractivity contribution >= 4 is 17.9 Å². The molecule has 0 spiro atoms. The number of carboxylic acids is 1. The largest absolute Gasteiger partial charge is 0.477 e. The maximum absolute atomic E-state index is 12.8. The van der Waals surface area contributed by atoms with Crippen LogP contribution in [0.5, 0.6) is 0 Å². The van der Waals surface area contributed by atoms with E-state index in [-0.39, 0.29) is 32.7 Å². The van der Waals surface area contributed by atoms with Gasteiger partial charge in [0.2, 0.25) is 0 Å². The van der Waals surface area contributed by atoms with E-state index in [1.807, 2.05) is 21.1 Å². The Labute approximate surface area is 396 Å². The lowest BCUT2D eigenvalue weighted by Gasteiger charge is -2.25. The summed E-state index contributed by atoms with van der Waals surface area (Å²) in [7, 11) is 5.93. The van der Waals surface area contributed by atoms with E-state index >= 15 is 0 Å². The third-order valence-electron chi connectivity index (χ3n) is 10.0. The molecule has 65 heavy (non-hydrogen) atoms. The number of hydrogen-bond acceptors (Lipinski definition) is 7. The molecule has 0 aliphatic carbocycles. The minimum Gasteiger partial charge on any atom is -0.477 e. The molecule has 0 saturated heterocycles. The third kappa shape index (κ3) is 47.7. The quantitative estimate of drug-likeness (QED) is 0.0212. The highest BCUT2D eigenvalue weighted by molar-refractivity contribution is 5.71. The second-order valence-electron chi connectivity index (χ2n) is 17.4. The second-order valence-corrected chi connectivity index (χ2v) is 17.4. The molecule has 0 rings (SSSR count). The topological polar surface area (TPSA) is 108 Å². The van der Waals surface area contributed by atoms with Crippen LogP contribution in [0.1, 0.15) is 168 Å². The SMILES string of the molecule is CC/C=C\C/C=C\C/C=C\C/C=C\C/C=C\CCCCCCCCCCCC(=O)OC(COC(=O)CCCC/C=C\C/C=C\C/C=C\C/C=C\CC)COC(OCC[N+](C)(C)C)C(=O)O. The Morgan fingerprint density at radius 3 is 1.26 bits per heavy atom. The van der Waals surface area contributed by atoms with Crippen LogP contribution in [0.3, 0.4) is 0 Å². The van der Waals surface area contributed by atoms with Gasteiger partial charge in [-0.3, -0.25) is 9.59 Å². The normalized spacial score (nSPS) is 13.8. The molecule has 1 N–H and O–H groups in total. The maximum atomic E-state index is 12.8. The van der Waals surface area contributed by atoms with Crippen LogP contribution in [0.15, 0.2) is 109 Å². The van der Waals surface area contributed by atoms with Crippen LogP contribution < -0.4 is 0 Å². The summed E-state index contributed by atoms with van der Waals surface area (Å²) in [5, 5.41) is 9.66. The van der Waals surface area contributed by atoms with Crippen molar-refractivity contribution in [2.24, 2.45) is 0 Å². The molecule has 0 aliphatic heterocycles. The van der Waals surface area contributed by atoms with Crippen molar-refractivity contribution in [3.05, 3.63) is 109 Å². The molecule has 9 heteroatoms. The summed E-state index contributed by atoms with van der Waals surface area (Å²) in [5.74, 6) is -2.09. The van der Waals surface area contributed by atoms with Crippen molar-refractivity contribution in [3.8, 4) is 0 Å². The molecule has 0 aromatic heterocycles. The van der Waals surface area contributed by atoms with Gasteiger partial charge >= 0.3 is 17.9 Å². The summed E-state index contributed by atoms with van der Waals surface area (Å²) >= 11 is 0. The fourth-order valence-corrected chi connectivity index (χ4v) is 6.20. The standard InChI is InChI=1S/C56H91NO8/c1-6-8-10-12-14-16-18-20-22-23-24-25-26-27-28-29-30-31-33-35-37-39-41-43-45-47-54(59)65-52(51-64-56(55(60)61)62-49-48-57(3,4)5)50-63-53(58)46-44-42-40-38-36-34-32-21-19-17-15-13-11-9-7-2/h8-11,14-17,20-22,24-25,27-28,32,36,38,52,56H,6-7,12-13,18-19,23,26,29-31,33-35,37,39-51H2,1-5H3/p+1/b10-8-,11-9-,16-14-,17-15-,22-20-,25-24-,28-27-,32-21-,38-36-. The molecule has 0 radical (unpaired) electrons. The number of carbonyl (C=O) groups is 3. The van der Waals surface area contributed by atoms with Crippen molar-refractivity contribution in [3.63, 3.8) is 0 Å². The molecule has 2 atom stereocenters. The predicted molar refractivity (Wildman–Crippen MR) is 271 cm³/mol. The number of carboxylic acid groups (broad SMARTS) is 1. The molecule has 0 aromatic rings. The van der Waals surface area contributed by atoms with Crippen molar-refractivity contribution in [1.29, 1.82) is 0 Å². The number of unbranched alkanes of at least 4 members (excludes halogenated alkanes) is 11. The summed E-state index contributed by atoms with van der Waals surface area (Å²) in [6.07, 6.45) is 60.1. The molecular weight excluding hydrogens is 815 g/mol. The van der Waals surface area contributed by atoms with Gasteiger partial charge in [0.05, 0.1) is 34.4 Å². The van der Waals surface area contributed by atoms with Gasteiger partial charge in [0.25, 0.3) is 6.29 Å². The summed E-state index contributed by atoms with van der Waals surface area (Å²) in [6, 6.07) is 0. The minimum atomic E-state index is -1.53. The Kier molecular flexibility index (Phi) is 43.6. The van der Waals surface area contributed by atoms with Gasteiger partial charge in [0, 0.05) is 12.8 Å². The number of ether oxygens (including phenoxy) is 4. The highest BCUT2D eigenvalue weighted by Crippen LogP contribution is 2.13. The number of nitrogens with zero attached hydrogens (tertiary/aromatic N) is 1. The number of esters is 2. The van der Waals surface area contributed by atoms with Gasteiger partial charge < -0.3 is 28.5 Å². The first-order chi connectivity index (χ1) is 31.6. The summed E-state index contributed by atoms with van der Waals surface area (Å²) in [4.78, 5) is 37.2. The number of hydrogen-bond donors (Lipinski definition) is 1. The predicted octanol–water partition coefficient (Wildman–Crippen LogP) is 14.0. The zero-order chi connectivity index (χ0) is 47.7. The first kappa shape index (κ1) is 60.9. The fraction of sp³-hybridized carbons (Fsp3) is 0.625. The lowest BCUT2D eigenvalue weighted by atomic mass is 10.1. The zero-order valence-electron chi connectivity index (χ0n) is 41.6. The number of rotatable bonds is 44. The molecule has 0 bridgehead atoms. The number of aliphatic carboxylic acids is 1. The van der Waals surface area contributed by atoms with Gasteiger partial charge in [0.1, 0.15) is 13.2 Å². The van der Waals surface area contributed by atoms with E-state index in [0.717, 1.165) is 96.3 Å². The Hall–Kier alpha value is -4.05. The van der Waals surface area contributed by atoms with Gasteiger partial charge in [-0.2, -0.15) is 0 Å². The van der Waals surface area contributed by atoms with Crippen LogP contribution in [-0.2, 0) is 33.3 Å². The highest BCUT2D eigenvalue weighted by atomic mass is 16.7. The molecule has 0 saturated carbocycles. The van der Waals surface area contributed by atoms with E-state index in [2.05, 4.69) is 123 Å². The number of allylic oxidation sites excluding steroid dienone is 18. The van der Waals surface area contributed by atoms with Crippen molar-refractivity contribution < 1.29 is 42.9 Å². The molecule has 0 fully saturated rings. The number of quaternary nitrogens is 1. The summed E-state index contributed by atoms with van der Waals surface area (Å²) in [5.41, 5.74) is 0. The monoisotopic (exact) mass is 907 g/mol. The van der Waals surface area contributed by atoms with E-state index in [1.54, 1.807) is 0 Å². The van der Waals surface area contributed by atoms with Crippen LogP contribution in [0.4, 0.5) is 0 Å². The third-order valence-corrected chi connectivity index (χ3v) is 10.0. The second kappa shape index (κ2) is 46.5. The van der Waals surface area contributed by atoms with E-state index in [9.17, 15) is 19.5 Å². The van der Waals surface area contributed by atoms with Crippen LogP contribution in [0.2, 0.25) is 0 Å². The van der Waals surface area contributed by atoms with E-state index in [4.69, 9.17) is 18.9 Å². The maximum Gasteiger partial charge on any atom is 0.361 e. The molecule has 9 nitrogen and oxygen atoms in total. The minimum absolute atomic E-state index is 0.173. The van der Waals surface area contributed by atoms with Gasteiger partial charge in [-0.15, -0.1) is 0 Å². The molecule has 2 unspecified atom stereocenters. The Morgan fingerprint density at radius 1 is 0.462 bits per heavy atom. The molecule has 0 heterocycles. The Bertz CT molecular complexity index is 1430. The molecular formula is C56H92NO8+. The Morgan fingerprint density at radius 2 is 0.831 bits per heavy atom. The number of carbonyl (C=O) groups excluding carboxylic acids is 2. The first-order valence-electron chi connectivity index (χ1n) is 25.1. The van der Waals surface area contributed by atoms with Gasteiger partial charge in [0.15, 0.2) is 6.10 Å².